The maximum Gasteiger partial charge on any atom is 0.323 e. The van der Waals surface area contributed by atoms with E-state index in [1.54, 1.807) is 4.90 Å². The number of nitrogens with one attached hydrogen (secondary N) is 1. The first-order valence-corrected chi connectivity index (χ1v) is 7.80. The molecule has 25 heavy (non-hydrogen) atoms. The number of benzene rings is 1. The van der Waals surface area contributed by atoms with Gasteiger partial charge in [0.1, 0.15) is 29.0 Å². The van der Waals surface area contributed by atoms with Crippen LogP contribution in [-0.4, -0.2) is 40.7 Å². The Morgan fingerprint density at radius 3 is 2.64 bits per heavy atom. The Morgan fingerprint density at radius 2 is 2.04 bits per heavy atom. The molecule has 1 saturated heterocycles. The number of hydrogen-bond acceptors (Lipinski definition) is 4. The van der Waals surface area contributed by atoms with Gasteiger partial charge in [-0.1, -0.05) is 0 Å². The van der Waals surface area contributed by atoms with Crippen molar-refractivity contribution in [3.8, 4) is 11.5 Å². The first-order valence-electron chi connectivity index (χ1n) is 7.80. The fourth-order valence-corrected chi connectivity index (χ4v) is 2.59. The molecular weight excluding hydrogens is 332 g/mol. The average Bonchev–Trinajstić information content (AvgIpc) is 3.05. The lowest BCUT2D eigenvalue weighted by Gasteiger charge is -2.16. The minimum absolute atomic E-state index is 0.0168. The Kier molecular flexibility index (Phi) is 5.08. The molecule has 0 spiro atoms. The van der Waals surface area contributed by atoms with Crippen LogP contribution < -0.4 is 10.1 Å². The third-order valence-electron chi connectivity index (χ3n) is 3.87. The molecule has 2 amide bonds. The number of anilines is 1. The second-order valence-corrected chi connectivity index (χ2v) is 5.80. The minimum atomic E-state index is -0.737. The van der Waals surface area contributed by atoms with E-state index >= 15 is 0 Å². The van der Waals surface area contributed by atoms with Gasteiger partial charge in [-0.05, 0) is 18.6 Å². The second-order valence-electron chi connectivity index (χ2n) is 5.80. The Hall–Kier alpha value is -2.74. The van der Waals surface area contributed by atoms with Gasteiger partial charge in [0.05, 0.1) is 6.20 Å². The number of carbonyl (C=O) groups is 1. The highest BCUT2D eigenvalue weighted by molar-refractivity contribution is 5.88. The summed E-state index contributed by atoms with van der Waals surface area (Å²) in [6, 6.07) is 5.65. The highest BCUT2D eigenvalue weighted by atomic mass is 19.1. The number of aromatic nitrogens is 1. The highest BCUT2D eigenvalue weighted by Gasteiger charge is 2.25. The third-order valence-corrected chi connectivity index (χ3v) is 3.87. The zero-order chi connectivity index (χ0) is 17.8. The van der Waals surface area contributed by atoms with Crippen LogP contribution in [0.5, 0.6) is 11.5 Å². The first-order chi connectivity index (χ1) is 12.0. The molecule has 3 rings (SSSR count). The predicted octanol–water partition coefficient (Wildman–Crippen LogP) is 3.00. The van der Waals surface area contributed by atoms with Crippen molar-refractivity contribution in [3.63, 3.8) is 0 Å². The van der Waals surface area contributed by atoms with Gasteiger partial charge in [-0.2, -0.15) is 0 Å². The van der Waals surface area contributed by atoms with E-state index in [0.29, 0.717) is 18.9 Å². The summed E-state index contributed by atoms with van der Waals surface area (Å²) < 4.78 is 31.6. The molecule has 1 aliphatic heterocycles. The number of hydrogen-bond donors (Lipinski definition) is 2. The van der Waals surface area contributed by atoms with Crippen molar-refractivity contribution in [2.45, 2.75) is 6.42 Å². The van der Waals surface area contributed by atoms with Gasteiger partial charge in [-0.25, -0.2) is 18.6 Å². The molecule has 2 aromatic rings. The van der Waals surface area contributed by atoms with E-state index in [0.717, 1.165) is 24.6 Å². The molecule has 0 unspecified atom stereocenters. The monoisotopic (exact) mass is 349 g/mol. The fraction of sp³-hybridized carbons (Fsp3) is 0.294. The van der Waals surface area contributed by atoms with E-state index < -0.39 is 11.6 Å². The van der Waals surface area contributed by atoms with Gasteiger partial charge in [-0.3, -0.25) is 5.32 Å². The zero-order valence-electron chi connectivity index (χ0n) is 13.3. The van der Waals surface area contributed by atoms with Crippen LogP contribution in [0.4, 0.5) is 19.4 Å². The SMILES string of the molecule is O=C(Nc1ccc(Oc2cc(F)cc(F)c2)cn1)N1CC[C@@H](CO)C1. The summed E-state index contributed by atoms with van der Waals surface area (Å²) in [6.45, 7) is 1.16. The van der Waals surface area contributed by atoms with Gasteiger partial charge in [0.15, 0.2) is 0 Å². The van der Waals surface area contributed by atoms with Crippen LogP contribution in [0.25, 0.3) is 0 Å². The molecule has 1 atom stereocenters. The number of carbonyl (C=O) groups excluding carboxylic acids is 1. The van der Waals surface area contributed by atoms with E-state index in [9.17, 15) is 13.6 Å². The van der Waals surface area contributed by atoms with Gasteiger partial charge in [0.2, 0.25) is 0 Å². The highest BCUT2D eigenvalue weighted by Crippen LogP contribution is 2.23. The quantitative estimate of drug-likeness (QED) is 0.890. The van der Waals surface area contributed by atoms with E-state index in [1.807, 2.05) is 0 Å². The molecule has 0 saturated carbocycles. The molecule has 2 N–H and O–H groups in total. The molecule has 0 bridgehead atoms. The normalized spacial score (nSPS) is 16.8. The number of pyridine rings is 1. The van der Waals surface area contributed by atoms with Crippen molar-refractivity contribution in [1.82, 2.24) is 9.88 Å². The van der Waals surface area contributed by atoms with Crippen LogP contribution in [0, 0.1) is 17.6 Å². The molecule has 132 valence electrons. The average molecular weight is 349 g/mol. The smallest absolute Gasteiger partial charge is 0.323 e. The Labute approximate surface area is 143 Å². The molecule has 2 heterocycles. The molecule has 0 aliphatic carbocycles. The topological polar surface area (TPSA) is 74.7 Å². The van der Waals surface area contributed by atoms with Gasteiger partial charge in [0, 0.05) is 43.8 Å². The van der Waals surface area contributed by atoms with Crippen molar-refractivity contribution in [2.24, 2.45) is 5.92 Å². The number of rotatable bonds is 4. The molecular formula is C17H17F2N3O3. The maximum absolute atomic E-state index is 13.1. The van der Waals surface area contributed by atoms with Crippen molar-refractivity contribution >= 4 is 11.8 Å². The maximum atomic E-state index is 13.1. The second kappa shape index (κ2) is 7.43. The van der Waals surface area contributed by atoms with Crippen molar-refractivity contribution in [3.05, 3.63) is 48.2 Å². The van der Waals surface area contributed by atoms with Crippen LogP contribution >= 0.6 is 0 Å². The largest absolute Gasteiger partial charge is 0.456 e. The van der Waals surface area contributed by atoms with Crippen molar-refractivity contribution < 1.29 is 23.4 Å². The number of likely N-dealkylation sites (tertiary alicyclic amines) is 1. The number of aliphatic hydroxyl groups excluding tert-OH is 1. The molecule has 1 fully saturated rings. The lowest BCUT2D eigenvalue weighted by Crippen LogP contribution is -2.33. The van der Waals surface area contributed by atoms with Crippen LogP contribution in [0.1, 0.15) is 6.42 Å². The molecule has 1 aromatic heterocycles. The Balaban J connectivity index is 1.59. The van der Waals surface area contributed by atoms with Crippen LogP contribution in [-0.2, 0) is 0 Å². The minimum Gasteiger partial charge on any atom is -0.456 e. The van der Waals surface area contributed by atoms with Gasteiger partial charge < -0.3 is 14.7 Å². The number of halogens is 2. The van der Waals surface area contributed by atoms with E-state index in [-0.39, 0.29) is 30.1 Å². The summed E-state index contributed by atoms with van der Waals surface area (Å²) in [4.78, 5) is 17.8. The lowest BCUT2D eigenvalue weighted by molar-refractivity contribution is 0.208. The molecule has 0 radical (unpaired) electrons. The summed E-state index contributed by atoms with van der Waals surface area (Å²) in [5.74, 6) is -0.735. The molecule has 1 aromatic carbocycles. The van der Waals surface area contributed by atoms with E-state index in [1.165, 1.54) is 18.3 Å². The lowest BCUT2D eigenvalue weighted by atomic mass is 10.1. The van der Waals surface area contributed by atoms with Crippen molar-refractivity contribution in [2.75, 3.05) is 25.0 Å². The summed E-state index contributed by atoms with van der Waals surface area (Å²) in [5.41, 5.74) is 0. The van der Waals surface area contributed by atoms with Gasteiger partial charge in [-0.15, -0.1) is 0 Å². The Morgan fingerprint density at radius 1 is 1.28 bits per heavy atom. The summed E-state index contributed by atoms with van der Waals surface area (Å²) in [7, 11) is 0. The number of amides is 2. The zero-order valence-corrected chi connectivity index (χ0v) is 13.3. The van der Waals surface area contributed by atoms with Gasteiger partial charge >= 0.3 is 6.03 Å². The Bertz CT molecular complexity index is 735. The predicted molar refractivity (Wildman–Crippen MR) is 86.5 cm³/mol. The summed E-state index contributed by atoms with van der Waals surface area (Å²) in [6.07, 6.45) is 2.12. The number of ether oxygens (including phenoxy) is 1. The van der Waals surface area contributed by atoms with Crippen LogP contribution in [0.3, 0.4) is 0 Å². The van der Waals surface area contributed by atoms with E-state index in [2.05, 4.69) is 10.3 Å². The molecule has 1 aliphatic rings. The third kappa shape index (κ3) is 4.42. The van der Waals surface area contributed by atoms with Gasteiger partial charge in [0.25, 0.3) is 0 Å². The number of nitrogens with zero attached hydrogens (tertiary/aromatic N) is 2. The number of urea groups is 1. The number of aliphatic hydroxyl groups is 1. The van der Waals surface area contributed by atoms with Crippen LogP contribution in [0.15, 0.2) is 36.5 Å². The molecule has 8 heteroatoms. The standard InChI is InChI=1S/C17H17F2N3O3/c18-12-5-13(19)7-15(6-12)25-14-1-2-16(20-8-14)21-17(24)22-4-3-11(9-22)10-23/h1-2,5-8,11,23H,3-4,9-10H2,(H,20,21,24)/t11-/m1/s1. The first kappa shape index (κ1) is 17.1. The van der Waals surface area contributed by atoms with Crippen molar-refractivity contribution in [1.29, 1.82) is 0 Å². The van der Waals surface area contributed by atoms with E-state index in [4.69, 9.17) is 9.84 Å². The van der Waals surface area contributed by atoms with Crippen LogP contribution in [0.2, 0.25) is 0 Å². The fourth-order valence-electron chi connectivity index (χ4n) is 2.59. The molecule has 6 nitrogen and oxygen atoms in total. The summed E-state index contributed by atoms with van der Waals surface area (Å²) >= 11 is 0. The summed E-state index contributed by atoms with van der Waals surface area (Å²) in [5, 5.41) is 11.8.